The summed E-state index contributed by atoms with van der Waals surface area (Å²) in [4.78, 5) is 24.8. The van der Waals surface area contributed by atoms with Gasteiger partial charge in [-0.25, -0.2) is 4.79 Å². The standard InChI is InChI=1S/C14H15F3N2O2S/c1-22-7-6-11-12(20)19(13(21)18-11)8-9-4-2-3-5-10(9)14(15,16)17/h2-5,11H,6-8H2,1H3,(H,18,21)/t11-/m0/s1. The number of hydrogen-bond donors (Lipinski definition) is 1. The van der Waals surface area contributed by atoms with E-state index in [9.17, 15) is 22.8 Å². The van der Waals surface area contributed by atoms with Crippen molar-refractivity contribution in [2.45, 2.75) is 25.2 Å². The summed E-state index contributed by atoms with van der Waals surface area (Å²) in [5.74, 6) is 0.208. The van der Waals surface area contributed by atoms with Crippen molar-refractivity contribution in [1.29, 1.82) is 0 Å². The van der Waals surface area contributed by atoms with Crippen LogP contribution in [-0.4, -0.2) is 34.9 Å². The first-order valence-corrected chi connectivity index (χ1v) is 8.00. The van der Waals surface area contributed by atoms with Gasteiger partial charge in [-0.05, 0) is 30.1 Å². The summed E-state index contributed by atoms with van der Waals surface area (Å²) in [5, 5.41) is 2.51. The molecule has 3 amide bonds. The van der Waals surface area contributed by atoms with Crippen LogP contribution in [0.4, 0.5) is 18.0 Å². The summed E-state index contributed by atoms with van der Waals surface area (Å²) < 4.78 is 38.9. The van der Waals surface area contributed by atoms with Crippen LogP contribution in [0.1, 0.15) is 17.5 Å². The largest absolute Gasteiger partial charge is 0.416 e. The number of thioether (sulfide) groups is 1. The summed E-state index contributed by atoms with van der Waals surface area (Å²) in [6.45, 7) is -0.379. The van der Waals surface area contributed by atoms with Gasteiger partial charge in [-0.15, -0.1) is 0 Å². The lowest BCUT2D eigenvalue weighted by molar-refractivity contribution is -0.139. The molecule has 1 heterocycles. The fraction of sp³-hybridized carbons (Fsp3) is 0.429. The van der Waals surface area contributed by atoms with Gasteiger partial charge in [0.05, 0.1) is 12.1 Å². The highest BCUT2D eigenvalue weighted by molar-refractivity contribution is 7.98. The molecular formula is C14H15F3N2O2S. The van der Waals surface area contributed by atoms with E-state index in [1.165, 1.54) is 30.0 Å². The zero-order chi connectivity index (χ0) is 16.3. The summed E-state index contributed by atoms with van der Waals surface area (Å²) in [6.07, 6.45) is -2.18. The molecule has 1 saturated heterocycles. The van der Waals surface area contributed by atoms with Crippen LogP contribution in [0.25, 0.3) is 0 Å². The lowest BCUT2D eigenvalue weighted by Gasteiger charge is -2.17. The number of carbonyl (C=O) groups excluding carboxylic acids is 2. The van der Waals surface area contributed by atoms with E-state index in [2.05, 4.69) is 5.32 Å². The van der Waals surface area contributed by atoms with Crippen molar-refractivity contribution in [1.82, 2.24) is 10.2 Å². The van der Waals surface area contributed by atoms with E-state index in [1.807, 2.05) is 6.26 Å². The summed E-state index contributed by atoms with van der Waals surface area (Å²) >= 11 is 1.53. The lowest BCUT2D eigenvalue weighted by Crippen LogP contribution is -2.32. The maximum absolute atomic E-state index is 13.0. The van der Waals surface area contributed by atoms with Crippen LogP contribution in [0.5, 0.6) is 0 Å². The maximum atomic E-state index is 13.0. The van der Waals surface area contributed by atoms with Gasteiger partial charge < -0.3 is 5.32 Å². The average molecular weight is 332 g/mol. The van der Waals surface area contributed by atoms with Gasteiger partial charge in [0.2, 0.25) is 0 Å². The van der Waals surface area contributed by atoms with Gasteiger partial charge in [0.1, 0.15) is 6.04 Å². The van der Waals surface area contributed by atoms with Crippen molar-refractivity contribution >= 4 is 23.7 Å². The zero-order valence-corrected chi connectivity index (χ0v) is 12.6. The molecule has 0 saturated carbocycles. The van der Waals surface area contributed by atoms with Gasteiger partial charge in [-0.1, -0.05) is 18.2 Å². The van der Waals surface area contributed by atoms with Gasteiger partial charge in [0, 0.05) is 0 Å². The Bertz CT molecular complexity index is 577. The third kappa shape index (κ3) is 3.55. The fourth-order valence-electron chi connectivity index (χ4n) is 2.26. The number of nitrogens with zero attached hydrogens (tertiary/aromatic N) is 1. The Kier molecular flexibility index (Phi) is 5.00. The van der Waals surface area contributed by atoms with Crippen molar-refractivity contribution in [2.75, 3.05) is 12.0 Å². The van der Waals surface area contributed by atoms with Crippen LogP contribution in [-0.2, 0) is 17.5 Å². The number of nitrogens with one attached hydrogen (secondary N) is 1. The van der Waals surface area contributed by atoms with E-state index in [0.29, 0.717) is 12.2 Å². The molecule has 0 aromatic heterocycles. The Balaban J connectivity index is 2.18. The molecule has 8 heteroatoms. The monoisotopic (exact) mass is 332 g/mol. The molecule has 4 nitrogen and oxygen atoms in total. The molecule has 0 radical (unpaired) electrons. The molecule has 1 aromatic carbocycles. The van der Waals surface area contributed by atoms with Crippen LogP contribution >= 0.6 is 11.8 Å². The molecule has 22 heavy (non-hydrogen) atoms. The molecule has 120 valence electrons. The molecule has 1 atom stereocenters. The van der Waals surface area contributed by atoms with E-state index in [0.717, 1.165) is 11.0 Å². The minimum absolute atomic E-state index is 0.0935. The predicted octanol–water partition coefficient (Wildman–Crippen LogP) is 2.88. The van der Waals surface area contributed by atoms with Gasteiger partial charge in [-0.2, -0.15) is 24.9 Å². The Labute approximate surface area is 130 Å². The second-order valence-corrected chi connectivity index (χ2v) is 5.85. The summed E-state index contributed by atoms with van der Waals surface area (Å²) in [5.41, 5.74) is -0.924. The molecule has 0 unspecified atom stereocenters. The number of alkyl halides is 3. The predicted molar refractivity (Wildman–Crippen MR) is 77.3 cm³/mol. The highest BCUT2D eigenvalue weighted by atomic mass is 32.2. The minimum Gasteiger partial charge on any atom is -0.326 e. The van der Waals surface area contributed by atoms with E-state index in [-0.39, 0.29) is 12.1 Å². The zero-order valence-electron chi connectivity index (χ0n) is 11.8. The van der Waals surface area contributed by atoms with E-state index < -0.39 is 29.7 Å². The second-order valence-electron chi connectivity index (χ2n) is 4.86. The Morgan fingerprint density at radius 3 is 2.59 bits per heavy atom. The molecule has 0 bridgehead atoms. The third-order valence-electron chi connectivity index (χ3n) is 3.37. The Hall–Kier alpha value is -1.70. The lowest BCUT2D eigenvalue weighted by atomic mass is 10.1. The first kappa shape index (κ1) is 16.7. The maximum Gasteiger partial charge on any atom is 0.416 e. The molecule has 1 fully saturated rings. The van der Waals surface area contributed by atoms with Crippen LogP contribution in [0.2, 0.25) is 0 Å². The number of urea groups is 1. The molecule has 1 aliphatic rings. The smallest absolute Gasteiger partial charge is 0.326 e. The van der Waals surface area contributed by atoms with E-state index in [1.54, 1.807) is 0 Å². The molecule has 1 aromatic rings. The number of rotatable bonds is 5. The highest BCUT2D eigenvalue weighted by Gasteiger charge is 2.39. The van der Waals surface area contributed by atoms with Crippen LogP contribution < -0.4 is 5.32 Å². The molecule has 1 N–H and O–H groups in total. The Morgan fingerprint density at radius 2 is 1.95 bits per heavy atom. The van der Waals surface area contributed by atoms with E-state index >= 15 is 0 Å². The summed E-state index contributed by atoms with van der Waals surface area (Å²) in [7, 11) is 0. The summed E-state index contributed by atoms with van der Waals surface area (Å²) in [6, 6.07) is 3.65. The van der Waals surface area contributed by atoms with Gasteiger partial charge in [0.25, 0.3) is 5.91 Å². The number of hydrogen-bond acceptors (Lipinski definition) is 3. The van der Waals surface area contributed by atoms with Crippen molar-refractivity contribution in [2.24, 2.45) is 0 Å². The van der Waals surface area contributed by atoms with Gasteiger partial charge in [0.15, 0.2) is 0 Å². The van der Waals surface area contributed by atoms with Gasteiger partial charge >= 0.3 is 12.2 Å². The first-order valence-electron chi connectivity index (χ1n) is 6.60. The van der Waals surface area contributed by atoms with Gasteiger partial charge in [-0.3, -0.25) is 9.69 Å². The van der Waals surface area contributed by atoms with Crippen LogP contribution in [0.15, 0.2) is 24.3 Å². The Morgan fingerprint density at radius 1 is 1.27 bits per heavy atom. The van der Waals surface area contributed by atoms with Crippen LogP contribution in [0, 0.1) is 0 Å². The SMILES string of the molecule is CSCC[C@@H]1NC(=O)N(Cc2ccccc2C(F)(F)F)C1=O. The number of amides is 3. The molecule has 0 aliphatic carbocycles. The van der Waals surface area contributed by atoms with Crippen molar-refractivity contribution in [3.05, 3.63) is 35.4 Å². The van der Waals surface area contributed by atoms with Crippen molar-refractivity contribution in [3.63, 3.8) is 0 Å². The third-order valence-corrected chi connectivity index (χ3v) is 4.01. The van der Waals surface area contributed by atoms with Crippen molar-refractivity contribution in [3.8, 4) is 0 Å². The molecule has 2 rings (SSSR count). The molecule has 1 aliphatic heterocycles. The second kappa shape index (κ2) is 6.60. The molecular weight excluding hydrogens is 317 g/mol. The fourth-order valence-corrected chi connectivity index (χ4v) is 2.73. The van der Waals surface area contributed by atoms with Crippen molar-refractivity contribution < 1.29 is 22.8 Å². The van der Waals surface area contributed by atoms with E-state index in [4.69, 9.17) is 0 Å². The average Bonchev–Trinajstić information content (AvgIpc) is 2.72. The molecule has 0 spiro atoms. The highest BCUT2D eigenvalue weighted by Crippen LogP contribution is 2.32. The number of imide groups is 1. The first-order chi connectivity index (χ1) is 10.3. The quantitative estimate of drug-likeness (QED) is 0.844. The number of halogens is 3. The minimum atomic E-state index is -4.52. The van der Waals surface area contributed by atoms with Crippen LogP contribution in [0.3, 0.4) is 0 Å². The number of carbonyl (C=O) groups is 2. The topological polar surface area (TPSA) is 49.4 Å². The normalized spacial score (nSPS) is 18.7. The number of benzene rings is 1.